The molecule has 0 aromatic rings. The smallest absolute Gasteiger partial charge is 0.0682 e. The molecule has 0 aliphatic heterocycles. The van der Waals surface area contributed by atoms with Gasteiger partial charge in [-0.05, 0) is 6.42 Å². The van der Waals surface area contributed by atoms with E-state index in [1.165, 1.54) is 0 Å². The Labute approximate surface area is 51.4 Å². The van der Waals surface area contributed by atoms with E-state index in [4.69, 9.17) is 4.84 Å². The molecular weight excluding hydrogens is 102 g/mol. The third-order valence-electron chi connectivity index (χ3n) is 0.831. The highest BCUT2D eigenvalue weighted by molar-refractivity contribution is 4.31. The Bertz CT molecular complexity index is 47.8. The standard InChI is InChI=1S/C6H14NO/c1-4-6-8-7(3)5-2/h3-6H2,1-2H3. The van der Waals surface area contributed by atoms with E-state index in [1.54, 1.807) is 5.06 Å². The van der Waals surface area contributed by atoms with Crippen molar-refractivity contribution in [1.82, 2.24) is 5.06 Å². The van der Waals surface area contributed by atoms with Crippen LogP contribution in [0.2, 0.25) is 0 Å². The van der Waals surface area contributed by atoms with E-state index in [0.29, 0.717) is 0 Å². The van der Waals surface area contributed by atoms with Crippen molar-refractivity contribution < 1.29 is 4.84 Å². The lowest BCUT2D eigenvalue weighted by molar-refractivity contribution is -0.119. The normalized spacial score (nSPS) is 10.5. The Hall–Kier alpha value is -0.0800. The first-order valence-corrected chi connectivity index (χ1v) is 3.02. The van der Waals surface area contributed by atoms with Crippen molar-refractivity contribution in [2.45, 2.75) is 20.3 Å². The number of nitrogens with zero attached hydrogens (tertiary/aromatic N) is 1. The van der Waals surface area contributed by atoms with Crippen molar-refractivity contribution in [3.8, 4) is 0 Å². The number of hydrogen-bond donors (Lipinski definition) is 0. The summed E-state index contributed by atoms with van der Waals surface area (Å²) in [6, 6.07) is 0. The summed E-state index contributed by atoms with van der Waals surface area (Å²) in [6.07, 6.45) is 1.05. The number of rotatable bonds is 4. The fourth-order valence-corrected chi connectivity index (χ4v) is 0.312. The molecule has 0 rings (SSSR count). The van der Waals surface area contributed by atoms with Crippen LogP contribution < -0.4 is 0 Å². The molecule has 0 aromatic heterocycles. The molecule has 49 valence electrons. The first-order chi connectivity index (χ1) is 3.81. The van der Waals surface area contributed by atoms with Gasteiger partial charge < -0.3 is 0 Å². The van der Waals surface area contributed by atoms with E-state index in [0.717, 1.165) is 19.6 Å². The largest absolute Gasteiger partial charge is 0.299 e. The Morgan fingerprint density at radius 2 is 2.12 bits per heavy atom. The lowest BCUT2D eigenvalue weighted by Crippen LogP contribution is -2.15. The Kier molecular flexibility index (Phi) is 5.01. The third kappa shape index (κ3) is 4.09. The first-order valence-electron chi connectivity index (χ1n) is 3.02. The maximum absolute atomic E-state index is 5.06. The molecule has 0 saturated heterocycles. The fraction of sp³-hybridized carbons (Fsp3) is 0.833. The van der Waals surface area contributed by atoms with Crippen LogP contribution in [-0.2, 0) is 4.84 Å². The number of hydroxylamine groups is 2. The molecule has 8 heavy (non-hydrogen) atoms. The van der Waals surface area contributed by atoms with Gasteiger partial charge in [-0.1, -0.05) is 13.8 Å². The van der Waals surface area contributed by atoms with Crippen LogP contribution in [0.15, 0.2) is 0 Å². The summed E-state index contributed by atoms with van der Waals surface area (Å²) >= 11 is 0. The second-order valence-electron chi connectivity index (χ2n) is 1.63. The molecule has 1 radical (unpaired) electrons. The molecule has 0 amide bonds. The predicted octanol–water partition coefficient (Wildman–Crippen LogP) is 1.44. The van der Waals surface area contributed by atoms with Gasteiger partial charge in [-0.3, -0.25) is 4.84 Å². The Morgan fingerprint density at radius 3 is 2.50 bits per heavy atom. The van der Waals surface area contributed by atoms with Crippen LogP contribution >= 0.6 is 0 Å². The summed E-state index contributed by atoms with van der Waals surface area (Å²) in [5.74, 6) is 0. The number of hydrogen-bond acceptors (Lipinski definition) is 2. The summed E-state index contributed by atoms with van der Waals surface area (Å²) in [4.78, 5) is 5.06. The molecule has 2 heteroatoms. The zero-order valence-electron chi connectivity index (χ0n) is 5.68. The molecule has 2 nitrogen and oxygen atoms in total. The molecule has 0 aliphatic rings. The van der Waals surface area contributed by atoms with E-state index >= 15 is 0 Å². The molecule has 0 saturated carbocycles. The van der Waals surface area contributed by atoms with Crippen molar-refractivity contribution in [3.63, 3.8) is 0 Å². The quantitative estimate of drug-likeness (QED) is 0.515. The highest BCUT2D eigenvalue weighted by Crippen LogP contribution is 1.86. The minimum absolute atomic E-state index is 0.775. The van der Waals surface area contributed by atoms with E-state index in [9.17, 15) is 0 Å². The second-order valence-corrected chi connectivity index (χ2v) is 1.63. The van der Waals surface area contributed by atoms with Crippen molar-refractivity contribution in [2.24, 2.45) is 0 Å². The Morgan fingerprint density at radius 1 is 1.50 bits per heavy atom. The van der Waals surface area contributed by atoms with Gasteiger partial charge in [-0.2, -0.15) is 5.06 Å². The van der Waals surface area contributed by atoms with Crippen LogP contribution in [0.1, 0.15) is 20.3 Å². The van der Waals surface area contributed by atoms with Crippen molar-refractivity contribution in [3.05, 3.63) is 7.05 Å². The first kappa shape index (κ1) is 7.92. The van der Waals surface area contributed by atoms with Gasteiger partial charge in [0.2, 0.25) is 0 Å². The SMILES string of the molecule is [CH2]N(CC)OCCC. The maximum atomic E-state index is 5.06. The zero-order chi connectivity index (χ0) is 6.41. The summed E-state index contributed by atoms with van der Waals surface area (Å²) < 4.78 is 0. The van der Waals surface area contributed by atoms with Crippen LogP contribution in [0.3, 0.4) is 0 Å². The molecule has 0 aromatic carbocycles. The van der Waals surface area contributed by atoms with Crippen LogP contribution in [0.25, 0.3) is 0 Å². The van der Waals surface area contributed by atoms with Crippen molar-refractivity contribution >= 4 is 0 Å². The summed E-state index contributed by atoms with van der Waals surface area (Å²) in [7, 11) is 3.61. The van der Waals surface area contributed by atoms with Crippen LogP contribution in [0, 0.1) is 7.05 Å². The van der Waals surface area contributed by atoms with Gasteiger partial charge >= 0.3 is 0 Å². The zero-order valence-corrected chi connectivity index (χ0v) is 5.68. The van der Waals surface area contributed by atoms with Crippen LogP contribution in [-0.4, -0.2) is 18.2 Å². The van der Waals surface area contributed by atoms with Crippen molar-refractivity contribution in [1.29, 1.82) is 0 Å². The van der Waals surface area contributed by atoms with E-state index in [-0.39, 0.29) is 0 Å². The third-order valence-corrected chi connectivity index (χ3v) is 0.831. The molecule has 0 heterocycles. The van der Waals surface area contributed by atoms with Gasteiger partial charge in [0.25, 0.3) is 0 Å². The van der Waals surface area contributed by atoms with E-state index < -0.39 is 0 Å². The summed E-state index contributed by atoms with van der Waals surface area (Å²) in [5, 5.41) is 1.59. The highest BCUT2D eigenvalue weighted by Gasteiger charge is 1.89. The highest BCUT2D eigenvalue weighted by atomic mass is 16.7. The summed E-state index contributed by atoms with van der Waals surface area (Å²) in [6.45, 7) is 5.70. The molecule has 0 aliphatic carbocycles. The molecule has 0 atom stereocenters. The molecular formula is C6H14NO. The van der Waals surface area contributed by atoms with Gasteiger partial charge in [-0.15, -0.1) is 0 Å². The molecule has 0 spiro atoms. The lowest BCUT2D eigenvalue weighted by atomic mass is 10.5. The van der Waals surface area contributed by atoms with Crippen molar-refractivity contribution in [2.75, 3.05) is 13.2 Å². The maximum Gasteiger partial charge on any atom is 0.0682 e. The van der Waals surface area contributed by atoms with Gasteiger partial charge in [0.05, 0.1) is 6.61 Å². The van der Waals surface area contributed by atoms with E-state index in [2.05, 4.69) is 14.0 Å². The average molecular weight is 116 g/mol. The molecule has 0 N–H and O–H groups in total. The van der Waals surface area contributed by atoms with Gasteiger partial charge in [0, 0.05) is 13.6 Å². The topological polar surface area (TPSA) is 12.5 Å². The minimum Gasteiger partial charge on any atom is -0.299 e. The second kappa shape index (κ2) is 5.06. The van der Waals surface area contributed by atoms with Crippen LogP contribution in [0.5, 0.6) is 0 Å². The molecule has 0 unspecified atom stereocenters. The fourth-order valence-electron chi connectivity index (χ4n) is 0.312. The minimum atomic E-state index is 0.775. The summed E-state index contributed by atoms with van der Waals surface area (Å²) in [5.41, 5.74) is 0. The lowest BCUT2D eigenvalue weighted by Gasteiger charge is -2.11. The Balaban J connectivity index is 2.86. The van der Waals surface area contributed by atoms with Gasteiger partial charge in [0.15, 0.2) is 0 Å². The monoisotopic (exact) mass is 116 g/mol. The predicted molar refractivity (Wildman–Crippen MR) is 34.0 cm³/mol. The molecule has 0 bridgehead atoms. The van der Waals surface area contributed by atoms with Gasteiger partial charge in [-0.25, -0.2) is 0 Å². The van der Waals surface area contributed by atoms with Crippen LogP contribution in [0.4, 0.5) is 0 Å². The average Bonchev–Trinajstić information content (AvgIpc) is 1.83. The van der Waals surface area contributed by atoms with E-state index in [1.807, 2.05) is 6.92 Å². The van der Waals surface area contributed by atoms with Gasteiger partial charge in [0.1, 0.15) is 0 Å². The molecule has 0 fully saturated rings.